The summed E-state index contributed by atoms with van der Waals surface area (Å²) in [5, 5.41) is 0. The van der Waals surface area contributed by atoms with Crippen LogP contribution in [-0.4, -0.2) is 12.2 Å². The SMILES string of the molecule is C[C@H]1OC(c2ccccc2)(c2ccccc2)O[C@@H]1C. The highest BCUT2D eigenvalue weighted by molar-refractivity contribution is 5.34. The van der Waals surface area contributed by atoms with E-state index in [1.807, 2.05) is 36.4 Å². The average Bonchev–Trinajstić information content (AvgIpc) is 2.78. The van der Waals surface area contributed by atoms with Crippen molar-refractivity contribution in [2.75, 3.05) is 0 Å². The van der Waals surface area contributed by atoms with Gasteiger partial charge in [-0.3, -0.25) is 0 Å². The zero-order valence-corrected chi connectivity index (χ0v) is 11.2. The van der Waals surface area contributed by atoms with Gasteiger partial charge in [-0.1, -0.05) is 60.7 Å². The Morgan fingerprint density at radius 2 is 1.05 bits per heavy atom. The molecule has 0 aliphatic carbocycles. The maximum absolute atomic E-state index is 6.21. The number of ether oxygens (including phenoxy) is 2. The summed E-state index contributed by atoms with van der Waals surface area (Å²) in [7, 11) is 0. The van der Waals surface area contributed by atoms with Crippen molar-refractivity contribution in [2.45, 2.75) is 31.8 Å². The fourth-order valence-electron chi connectivity index (χ4n) is 2.50. The minimum atomic E-state index is -0.776. The molecule has 0 saturated carbocycles. The van der Waals surface area contributed by atoms with Gasteiger partial charge in [0, 0.05) is 11.1 Å². The van der Waals surface area contributed by atoms with Crippen molar-refractivity contribution < 1.29 is 9.47 Å². The molecule has 0 N–H and O–H groups in total. The number of benzene rings is 2. The molecule has 2 nitrogen and oxygen atoms in total. The van der Waals surface area contributed by atoms with E-state index in [1.165, 1.54) is 0 Å². The molecule has 1 saturated heterocycles. The summed E-state index contributed by atoms with van der Waals surface area (Å²) in [6.07, 6.45) is 0.140. The van der Waals surface area contributed by atoms with Crippen LogP contribution in [0.4, 0.5) is 0 Å². The predicted octanol–water partition coefficient (Wildman–Crippen LogP) is 3.71. The molecule has 0 bridgehead atoms. The van der Waals surface area contributed by atoms with Crippen LogP contribution in [-0.2, 0) is 15.3 Å². The van der Waals surface area contributed by atoms with Gasteiger partial charge < -0.3 is 9.47 Å². The van der Waals surface area contributed by atoms with E-state index >= 15 is 0 Å². The first-order valence-electron chi connectivity index (χ1n) is 6.69. The minimum absolute atomic E-state index is 0.0698. The van der Waals surface area contributed by atoms with Gasteiger partial charge in [0.25, 0.3) is 0 Å². The zero-order valence-electron chi connectivity index (χ0n) is 11.2. The summed E-state index contributed by atoms with van der Waals surface area (Å²) in [4.78, 5) is 0. The van der Waals surface area contributed by atoms with E-state index in [4.69, 9.17) is 9.47 Å². The van der Waals surface area contributed by atoms with Crippen LogP contribution in [0, 0.1) is 0 Å². The fraction of sp³-hybridized carbons (Fsp3) is 0.294. The van der Waals surface area contributed by atoms with Gasteiger partial charge in [0.15, 0.2) is 0 Å². The standard InChI is InChI=1S/C17H18O2/c1-13-14(2)19-17(18-13,15-9-5-3-6-10-15)16-11-7-4-8-12-16/h3-14H,1-2H3/t13-,14-/m1/s1. The largest absolute Gasteiger partial charge is 0.336 e. The molecule has 2 aromatic rings. The van der Waals surface area contributed by atoms with Gasteiger partial charge in [-0.25, -0.2) is 0 Å². The van der Waals surface area contributed by atoms with Crippen molar-refractivity contribution in [1.82, 2.24) is 0 Å². The molecular formula is C17H18O2. The summed E-state index contributed by atoms with van der Waals surface area (Å²) < 4.78 is 12.4. The monoisotopic (exact) mass is 254 g/mol. The third kappa shape index (κ3) is 2.07. The number of hydrogen-bond acceptors (Lipinski definition) is 2. The van der Waals surface area contributed by atoms with Crippen LogP contribution in [0.1, 0.15) is 25.0 Å². The van der Waals surface area contributed by atoms with E-state index in [0.717, 1.165) is 11.1 Å². The average molecular weight is 254 g/mol. The Morgan fingerprint density at radius 3 is 1.42 bits per heavy atom. The van der Waals surface area contributed by atoms with Crippen LogP contribution >= 0.6 is 0 Å². The Labute approximate surface area is 114 Å². The van der Waals surface area contributed by atoms with Crippen molar-refractivity contribution in [3.8, 4) is 0 Å². The lowest BCUT2D eigenvalue weighted by Gasteiger charge is -2.29. The second-order valence-electron chi connectivity index (χ2n) is 4.99. The highest BCUT2D eigenvalue weighted by Gasteiger charge is 2.46. The first kappa shape index (κ1) is 12.4. The maximum Gasteiger partial charge on any atom is 0.223 e. The Hall–Kier alpha value is -1.64. The van der Waals surface area contributed by atoms with Gasteiger partial charge in [-0.2, -0.15) is 0 Å². The molecule has 0 radical (unpaired) electrons. The second kappa shape index (κ2) is 4.80. The smallest absolute Gasteiger partial charge is 0.223 e. The molecule has 2 heteroatoms. The number of hydrogen-bond donors (Lipinski definition) is 0. The van der Waals surface area contributed by atoms with E-state index < -0.39 is 5.79 Å². The molecule has 1 heterocycles. The Bertz CT molecular complexity index is 484. The second-order valence-corrected chi connectivity index (χ2v) is 4.99. The lowest BCUT2D eigenvalue weighted by atomic mass is 9.97. The molecule has 1 fully saturated rings. The van der Waals surface area contributed by atoms with Gasteiger partial charge in [0.2, 0.25) is 5.79 Å². The molecule has 0 spiro atoms. The van der Waals surface area contributed by atoms with E-state index in [1.54, 1.807) is 0 Å². The molecule has 98 valence electrons. The predicted molar refractivity (Wildman–Crippen MR) is 74.8 cm³/mol. The van der Waals surface area contributed by atoms with Gasteiger partial charge in [-0.15, -0.1) is 0 Å². The topological polar surface area (TPSA) is 18.5 Å². The lowest BCUT2D eigenvalue weighted by molar-refractivity contribution is -0.147. The van der Waals surface area contributed by atoms with Gasteiger partial charge in [-0.05, 0) is 13.8 Å². The van der Waals surface area contributed by atoms with Crippen LogP contribution < -0.4 is 0 Å². The van der Waals surface area contributed by atoms with E-state index in [-0.39, 0.29) is 12.2 Å². The molecule has 0 aromatic heterocycles. The molecule has 3 rings (SSSR count). The van der Waals surface area contributed by atoms with Crippen LogP contribution in [0.2, 0.25) is 0 Å². The summed E-state index contributed by atoms with van der Waals surface area (Å²) >= 11 is 0. The van der Waals surface area contributed by atoms with Gasteiger partial charge in [0.1, 0.15) is 0 Å². The van der Waals surface area contributed by atoms with Gasteiger partial charge in [0.05, 0.1) is 12.2 Å². The molecular weight excluding hydrogens is 236 g/mol. The highest BCUT2D eigenvalue weighted by Crippen LogP contribution is 2.42. The van der Waals surface area contributed by atoms with E-state index in [9.17, 15) is 0 Å². The third-order valence-corrected chi connectivity index (χ3v) is 3.67. The Balaban J connectivity index is 2.13. The quantitative estimate of drug-likeness (QED) is 0.813. The normalized spacial score (nSPS) is 25.4. The third-order valence-electron chi connectivity index (χ3n) is 3.67. The summed E-state index contributed by atoms with van der Waals surface area (Å²) in [5.74, 6) is -0.776. The Kier molecular flexibility index (Phi) is 3.13. The number of rotatable bonds is 2. The van der Waals surface area contributed by atoms with Crippen LogP contribution in [0.15, 0.2) is 60.7 Å². The van der Waals surface area contributed by atoms with Crippen molar-refractivity contribution in [1.29, 1.82) is 0 Å². The molecule has 1 aliphatic heterocycles. The van der Waals surface area contributed by atoms with Crippen LogP contribution in [0.3, 0.4) is 0 Å². The van der Waals surface area contributed by atoms with Crippen molar-refractivity contribution in [3.05, 3.63) is 71.8 Å². The first-order valence-corrected chi connectivity index (χ1v) is 6.69. The lowest BCUT2D eigenvalue weighted by Crippen LogP contribution is -2.29. The van der Waals surface area contributed by atoms with Crippen molar-refractivity contribution in [2.24, 2.45) is 0 Å². The molecule has 0 unspecified atom stereocenters. The molecule has 19 heavy (non-hydrogen) atoms. The molecule has 1 aliphatic rings. The Morgan fingerprint density at radius 1 is 0.684 bits per heavy atom. The van der Waals surface area contributed by atoms with Crippen molar-refractivity contribution >= 4 is 0 Å². The minimum Gasteiger partial charge on any atom is -0.336 e. The maximum atomic E-state index is 6.21. The van der Waals surface area contributed by atoms with Crippen molar-refractivity contribution in [3.63, 3.8) is 0 Å². The van der Waals surface area contributed by atoms with E-state index in [2.05, 4.69) is 38.1 Å². The summed E-state index contributed by atoms with van der Waals surface area (Å²) in [6.45, 7) is 4.11. The molecule has 0 amide bonds. The summed E-state index contributed by atoms with van der Waals surface area (Å²) in [6, 6.07) is 20.3. The molecule has 2 atom stereocenters. The van der Waals surface area contributed by atoms with E-state index in [0.29, 0.717) is 0 Å². The van der Waals surface area contributed by atoms with Crippen LogP contribution in [0.25, 0.3) is 0 Å². The van der Waals surface area contributed by atoms with Crippen LogP contribution in [0.5, 0.6) is 0 Å². The first-order chi connectivity index (χ1) is 9.22. The van der Waals surface area contributed by atoms with Gasteiger partial charge >= 0.3 is 0 Å². The zero-order chi connectivity index (χ0) is 13.3. The fourth-order valence-corrected chi connectivity index (χ4v) is 2.50. The highest BCUT2D eigenvalue weighted by atomic mass is 16.8. The molecule has 2 aromatic carbocycles. The summed E-state index contributed by atoms with van der Waals surface area (Å²) in [5.41, 5.74) is 2.08.